The number of hydrogen-bond donors (Lipinski definition) is 0. The molecule has 0 N–H and O–H groups in total. The van der Waals surface area contributed by atoms with E-state index >= 15 is 0 Å². The van der Waals surface area contributed by atoms with E-state index in [9.17, 15) is 0 Å². The number of aryl methyl sites for hydroxylation is 1. The molecule has 0 spiro atoms. The number of benzene rings is 2. The van der Waals surface area contributed by atoms with Gasteiger partial charge in [-0.1, -0.05) is 68.3 Å². The minimum atomic E-state index is 0.0954. The summed E-state index contributed by atoms with van der Waals surface area (Å²) in [6.07, 6.45) is 1.03. The van der Waals surface area contributed by atoms with Gasteiger partial charge in [0.1, 0.15) is 0 Å². The highest BCUT2D eigenvalue weighted by Crippen LogP contribution is 2.34. The van der Waals surface area contributed by atoms with Gasteiger partial charge in [0.05, 0.1) is 0 Å². The van der Waals surface area contributed by atoms with Crippen LogP contribution in [0.5, 0.6) is 0 Å². The van der Waals surface area contributed by atoms with Crippen LogP contribution in [0.2, 0.25) is 0 Å². The normalized spacial score (nSPS) is 11.6. The summed E-state index contributed by atoms with van der Waals surface area (Å²) in [6.45, 7) is 2.20. The first-order valence-corrected chi connectivity index (χ1v) is 9.86. The van der Waals surface area contributed by atoms with E-state index < -0.39 is 0 Å². The molecule has 20 heavy (non-hydrogen) atoms. The smallest absolute Gasteiger partial charge is 0.0189 e. The topological polar surface area (TPSA) is 0 Å². The quantitative estimate of drug-likeness (QED) is 0.351. The summed E-state index contributed by atoms with van der Waals surface area (Å²) in [5.74, 6) is 0. The van der Waals surface area contributed by atoms with E-state index in [1.165, 1.54) is 20.3 Å². The Hall–Kier alpha value is 0.130. The fourth-order valence-electron chi connectivity index (χ4n) is 2.53. The maximum atomic E-state index is 3.74. The molecule has 2 rings (SSSR count). The minimum absolute atomic E-state index is 0.0954. The van der Waals surface area contributed by atoms with Gasteiger partial charge in [-0.15, -0.1) is 0 Å². The Balaban J connectivity index is 2.39. The SMILES string of the molecule is Cc1ccccc1C(CBr)(CBr)Cc1ccc(I)cc1. The molecule has 0 heterocycles. The highest BCUT2D eigenvalue weighted by molar-refractivity contribution is 14.1. The van der Waals surface area contributed by atoms with Crippen LogP contribution < -0.4 is 0 Å². The van der Waals surface area contributed by atoms with Crippen molar-refractivity contribution in [3.05, 3.63) is 68.8 Å². The Kier molecular flexibility index (Phi) is 6.11. The van der Waals surface area contributed by atoms with Crippen molar-refractivity contribution in [2.75, 3.05) is 10.7 Å². The molecule has 0 fully saturated rings. The second kappa shape index (κ2) is 7.41. The first-order chi connectivity index (χ1) is 9.61. The highest BCUT2D eigenvalue weighted by atomic mass is 127. The summed E-state index contributed by atoms with van der Waals surface area (Å²) >= 11 is 9.84. The lowest BCUT2D eigenvalue weighted by atomic mass is 9.77. The third-order valence-corrected chi connectivity index (χ3v) is 6.55. The van der Waals surface area contributed by atoms with Gasteiger partial charge in [0.2, 0.25) is 0 Å². The van der Waals surface area contributed by atoms with Crippen molar-refractivity contribution in [2.45, 2.75) is 18.8 Å². The predicted octanol–water partition coefficient (Wildman–Crippen LogP) is 5.87. The zero-order valence-electron chi connectivity index (χ0n) is 11.4. The first-order valence-electron chi connectivity index (χ1n) is 6.54. The maximum Gasteiger partial charge on any atom is 0.0189 e. The molecule has 0 unspecified atom stereocenters. The van der Waals surface area contributed by atoms with Crippen molar-refractivity contribution in [3.63, 3.8) is 0 Å². The number of alkyl halides is 2. The minimum Gasteiger partial charge on any atom is -0.0918 e. The molecule has 0 radical (unpaired) electrons. The summed E-state index contributed by atoms with van der Waals surface area (Å²) in [5.41, 5.74) is 4.26. The molecule has 106 valence electrons. The van der Waals surface area contributed by atoms with Crippen LogP contribution in [0.3, 0.4) is 0 Å². The van der Waals surface area contributed by atoms with Crippen molar-refractivity contribution >= 4 is 54.5 Å². The van der Waals surface area contributed by atoms with Crippen molar-refractivity contribution < 1.29 is 0 Å². The van der Waals surface area contributed by atoms with Gasteiger partial charge < -0.3 is 0 Å². The Morgan fingerprint density at radius 1 is 0.950 bits per heavy atom. The zero-order chi connectivity index (χ0) is 14.6. The van der Waals surface area contributed by atoms with E-state index in [1.54, 1.807) is 0 Å². The number of hydrogen-bond acceptors (Lipinski definition) is 0. The van der Waals surface area contributed by atoms with Crippen molar-refractivity contribution in [1.82, 2.24) is 0 Å². The molecule has 0 bridgehead atoms. The predicted molar refractivity (Wildman–Crippen MR) is 103 cm³/mol. The van der Waals surface area contributed by atoms with Crippen LogP contribution in [-0.2, 0) is 11.8 Å². The van der Waals surface area contributed by atoms with Crippen LogP contribution in [0, 0.1) is 10.5 Å². The number of rotatable bonds is 5. The molecule has 0 aromatic heterocycles. The van der Waals surface area contributed by atoms with E-state index in [0.29, 0.717) is 0 Å². The highest BCUT2D eigenvalue weighted by Gasteiger charge is 2.31. The Morgan fingerprint density at radius 3 is 2.10 bits per heavy atom. The van der Waals surface area contributed by atoms with Gasteiger partial charge in [-0.3, -0.25) is 0 Å². The van der Waals surface area contributed by atoms with Crippen molar-refractivity contribution in [1.29, 1.82) is 0 Å². The van der Waals surface area contributed by atoms with E-state index in [-0.39, 0.29) is 5.41 Å². The molecule has 0 aliphatic heterocycles. The molecule has 0 aliphatic rings. The van der Waals surface area contributed by atoms with Gasteiger partial charge >= 0.3 is 0 Å². The van der Waals surface area contributed by atoms with E-state index in [2.05, 4.69) is 110 Å². The molecule has 0 amide bonds. The third kappa shape index (κ3) is 3.66. The Bertz CT molecular complexity index is 559. The summed E-state index contributed by atoms with van der Waals surface area (Å²) in [7, 11) is 0. The number of halogens is 3. The maximum absolute atomic E-state index is 3.74. The molecule has 2 aromatic rings. The Labute approximate surface area is 151 Å². The van der Waals surface area contributed by atoms with Crippen LogP contribution in [0.15, 0.2) is 48.5 Å². The zero-order valence-corrected chi connectivity index (χ0v) is 16.7. The van der Waals surface area contributed by atoms with E-state index in [0.717, 1.165) is 17.1 Å². The average Bonchev–Trinajstić information content (AvgIpc) is 2.48. The molecular weight excluding hydrogens is 491 g/mol. The lowest BCUT2D eigenvalue weighted by Gasteiger charge is -2.32. The summed E-state index contributed by atoms with van der Waals surface area (Å²) in [5, 5.41) is 1.89. The molecular formula is C17H17Br2I. The standard InChI is InChI=1S/C17H17Br2I/c1-13-4-2-3-5-16(13)17(11-18,12-19)10-14-6-8-15(20)9-7-14/h2-9H,10-12H2,1H3. The van der Waals surface area contributed by atoms with Gasteiger partial charge in [-0.05, 0) is 64.8 Å². The largest absolute Gasteiger partial charge is 0.0918 e. The molecule has 2 aromatic carbocycles. The van der Waals surface area contributed by atoms with Crippen LogP contribution in [-0.4, -0.2) is 10.7 Å². The summed E-state index contributed by atoms with van der Waals surface area (Å²) in [6, 6.07) is 17.5. The molecule has 0 saturated carbocycles. The second-order valence-electron chi connectivity index (χ2n) is 5.17. The average molecular weight is 508 g/mol. The monoisotopic (exact) mass is 506 g/mol. The summed E-state index contributed by atoms with van der Waals surface area (Å²) < 4.78 is 1.28. The molecule has 0 nitrogen and oxygen atoms in total. The van der Waals surface area contributed by atoms with E-state index in [1.807, 2.05) is 0 Å². The van der Waals surface area contributed by atoms with Crippen molar-refractivity contribution in [2.24, 2.45) is 0 Å². The van der Waals surface area contributed by atoms with Gasteiger partial charge in [-0.2, -0.15) is 0 Å². The van der Waals surface area contributed by atoms with Crippen LogP contribution in [0.25, 0.3) is 0 Å². The fourth-order valence-corrected chi connectivity index (χ4v) is 4.82. The van der Waals surface area contributed by atoms with Gasteiger partial charge in [0.15, 0.2) is 0 Å². The van der Waals surface area contributed by atoms with Gasteiger partial charge in [0, 0.05) is 19.6 Å². The van der Waals surface area contributed by atoms with Crippen molar-refractivity contribution in [3.8, 4) is 0 Å². The fraction of sp³-hybridized carbons (Fsp3) is 0.294. The lowest BCUT2D eigenvalue weighted by molar-refractivity contribution is 0.547. The first kappa shape index (κ1) is 16.5. The van der Waals surface area contributed by atoms with Crippen LogP contribution in [0.1, 0.15) is 16.7 Å². The van der Waals surface area contributed by atoms with Crippen LogP contribution in [0.4, 0.5) is 0 Å². The molecule has 0 saturated heterocycles. The second-order valence-corrected chi connectivity index (χ2v) is 7.53. The van der Waals surface area contributed by atoms with E-state index in [4.69, 9.17) is 0 Å². The molecule has 0 aliphatic carbocycles. The summed E-state index contributed by atoms with van der Waals surface area (Å²) in [4.78, 5) is 0. The lowest BCUT2D eigenvalue weighted by Crippen LogP contribution is -2.33. The van der Waals surface area contributed by atoms with Gasteiger partial charge in [0.25, 0.3) is 0 Å². The molecule has 0 atom stereocenters. The Morgan fingerprint density at radius 2 is 1.55 bits per heavy atom. The third-order valence-electron chi connectivity index (χ3n) is 3.68. The molecule has 3 heteroatoms. The van der Waals surface area contributed by atoms with Gasteiger partial charge in [-0.25, -0.2) is 0 Å². The van der Waals surface area contributed by atoms with Crippen LogP contribution >= 0.6 is 54.5 Å².